The maximum atomic E-state index is 11.9. The minimum absolute atomic E-state index is 0.145. The predicted octanol–water partition coefficient (Wildman–Crippen LogP) is 1.05. The van der Waals surface area contributed by atoms with Crippen LogP contribution in [0.3, 0.4) is 0 Å². The molecule has 1 aromatic rings. The number of amides is 4. The van der Waals surface area contributed by atoms with Gasteiger partial charge in [0.1, 0.15) is 0 Å². The molecule has 0 aliphatic carbocycles. The quantitative estimate of drug-likeness (QED) is 0.604. The summed E-state index contributed by atoms with van der Waals surface area (Å²) in [5, 5.41) is 2.06. The molecule has 0 radical (unpaired) electrons. The lowest BCUT2D eigenvalue weighted by Crippen LogP contribution is -2.45. The van der Waals surface area contributed by atoms with E-state index >= 15 is 0 Å². The van der Waals surface area contributed by atoms with Gasteiger partial charge in [-0.05, 0) is 30.4 Å². The van der Waals surface area contributed by atoms with Gasteiger partial charge >= 0.3 is 17.8 Å². The summed E-state index contributed by atoms with van der Waals surface area (Å²) in [5.41, 5.74) is 1.25. The lowest BCUT2D eigenvalue weighted by molar-refractivity contribution is -0.143. The molecule has 1 aromatic heterocycles. The number of hydrogen-bond donors (Lipinski definition) is 0. The molecule has 0 aromatic carbocycles. The summed E-state index contributed by atoms with van der Waals surface area (Å²) >= 11 is 1.74. The highest BCUT2D eigenvalue weighted by Crippen LogP contribution is 2.33. The first-order chi connectivity index (χ1) is 9.50. The third-order valence-electron chi connectivity index (χ3n) is 3.98. The summed E-state index contributed by atoms with van der Waals surface area (Å²) in [4.78, 5) is 40.5. The summed E-state index contributed by atoms with van der Waals surface area (Å²) < 4.78 is 0. The number of urea groups is 1. The molecule has 2 aliphatic heterocycles. The molecule has 0 saturated carbocycles. The Morgan fingerprint density at radius 3 is 2.70 bits per heavy atom. The Morgan fingerprint density at radius 2 is 2.05 bits per heavy atom. The largest absolute Gasteiger partial charge is 0.335 e. The van der Waals surface area contributed by atoms with E-state index in [1.54, 1.807) is 11.3 Å². The van der Waals surface area contributed by atoms with E-state index in [1.165, 1.54) is 17.5 Å². The Kier molecular flexibility index (Phi) is 3.10. The smallest absolute Gasteiger partial charge is 0.278 e. The molecule has 1 atom stereocenters. The fraction of sp³-hybridized carbons (Fsp3) is 0.462. The Hall–Kier alpha value is -1.73. The van der Waals surface area contributed by atoms with Crippen molar-refractivity contribution in [2.75, 3.05) is 20.3 Å². The molecule has 7 heteroatoms. The first kappa shape index (κ1) is 13.3. The van der Waals surface area contributed by atoms with E-state index in [0.29, 0.717) is 0 Å². The van der Waals surface area contributed by atoms with Gasteiger partial charge < -0.3 is 0 Å². The molecule has 0 bridgehead atoms. The number of hydrogen-bond acceptors (Lipinski definition) is 5. The zero-order valence-corrected chi connectivity index (χ0v) is 12.1. The van der Waals surface area contributed by atoms with Crippen LogP contribution in [0.15, 0.2) is 11.4 Å². The van der Waals surface area contributed by atoms with Crippen LogP contribution in [0.1, 0.15) is 23.4 Å². The molecular formula is C13H15N3O3S. The highest BCUT2D eigenvalue weighted by atomic mass is 32.1. The van der Waals surface area contributed by atoms with Crippen LogP contribution in [0, 0.1) is 0 Å². The zero-order valence-electron chi connectivity index (χ0n) is 11.3. The van der Waals surface area contributed by atoms with Crippen LogP contribution in [0.25, 0.3) is 0 Å². The van der Waals surface area contributed by atoms with Crippen molar-refractivity contribution >= 4 is 29.2 Å². The van der Waals surface area contributed by atoms with E-state index in [4.69, 9.17) is 0 Å². The number of imide groups is 2. The monoisotopic (exact) mass is 293 g/mol. The number of likely N-dealkylation sites (N-methyl/N-ethyl adjacent to an activating group) is 1. The molecule has 0 N–H and O–H groups in total. The van der Waals surface area contributed by atoms with Crippen molar-refractivity contribution in [3.63, 3.8) is 0 Å². The van der Waals surface area contributed by atoms with Crippen LogP contribution >= 0.6 is 11.3 Å². The standard InChI is InChI=1S/C13H15N3O3S/c1-8-9-4-6-20-10(9)3-5-15(8)7-16-12(18)11(17)14(2)13(16)19/h4,6,8H,3,5,7H2,1-2H3. The van der Waals surface area contributed by atoms with E-state index in [1.807, 2.05) is 0 Å². The summed E-state index contributed by atoms with van der Waals surface area (Å²) in [5.74, 6) is -1.49. The topological polar surface area (TPSA) is 60.9 Å². The molecule has 6 nitrogen and oxygen atoms in total. The van der Waals surface area contributed by atoms with Gasteiger partial charge in [0.15, 0.2) is 0 Å². The van der Waals surface area contributed by atoms with Crippen molar-refractivity contribution in [1.29, 1.82) is 0 Å². The third kappa shape index (κ3) is 1.85. The highest BCUT2D eigenvalue weighted by molar-refractivity contribution is 7.10. The minimum Gasteiger partial charge on any atom is -0.278 e. The number of fused-ring (bicyclic) bond motifs is 1. The maximum Gasteiger partial charge on any atom is 0.335 e. The Bertz CT molecular complexity index is 597. The average Bonchev–Trinajstić information content (AvgIpc) is 2.98. The summed E-state index contributed by atoms with van der Waals surface area (Å²) in [6, 6.07) is 1.69. The molecule has 106 valence electrons. The van der Waals surface area contributed by atoms with Crippen LogP contribution in [-0.4, -0.2) is 52.8 Å². The van der Waals surface area contributed by atoms with E-state index in [0.717, 1.165) is 22.8 Å². The van der Waals surface area contributed by atoms with Gasteiger partial charge in [-0.3, -0.25) is 19.4 Å². The van der Waals surface area contributed by atoms with E-state index in [-0.39, 0.29) is 12.7 Å². The maximum absolute atomic E-state index is 11.9. The number of nitrogens with zero attached hydrogens (tertiary/aromatic N) is 3. The SMILES string of the molecule is CC1c2ccsc2CCN1CN1C(=O)C(=O)N(C)C1=O. The Morgan fingerprint density at radius 1 is 1.30 bits per heavy atom. The third-order valence-corrected chi connectivity index (χ3v) is 4.97. The molecule has 3 heterocycles. The van der Waals surface area contributed by atoms with Crippen LogP contribution in [0.2, 0.25) is 0 Å². The Labute approximate surface area is 120 Å². The zero-order chi connectivity index (χ0) is 14.4. The van der Waals surface area contributed by atoms with Crippen LogP contribution < -0.4 is 0 Å². The molecule has 3 rings (SSSR count). The van der Waals surface area contributed by atoms with Crippen LogP contribution in [0.5, 0.6) is 0 Å². The molecule has 1 fully saturated rings. The van der Waals surface area contributed by atoms with E-state index < -0.39 is 17.8 Å². The average molecular weight is 293 g/mol. The number of rotatable bonds is 2. The second-order valence-corrected chi connectivity index (χ2v) is 6.06. The lowest BCUT2D eigenvalue weighted by Gasteiger charge is -2.35. The van der Waals surface area contributed by atoms with Crippen molar-refractivity contribution in [1.82, 2.24) is 14.7 Å². The molecule has 1 saturated heterocycles. The number of thiophene rings is 1. The van der Waals surface area contributed by atoms with Gasteiger partial charge in [0.2, 0.25) is 0 Å². The van der Waals surface area contributed by atoms with Gasteiger partial charge in [-0.15, -0.1) is 11.3 Å². The van der Waals surface area contributed by atoms with Crippen LogP contribution in [0.4, 0.5) is 4.79 Å². The van der Waals surface area contributed by atoms with E-state index in [2.05, 4.69) is 23.3 Å². The van der Waals surface area contributed by atoms with Crippen molar-refractivity contribution in [2.24, 2.45) is 0 Å². The van der Waals surface area contributed by atoms with Gasteiger partial charge in [0.25, 0.3) is 0 Å². The van der Waals surface area contributed by atoms with Gasteiger partial charge in [0, 0.05) is 24.5 Å². The lowest BCUT2D eigenvalue weighted by atomic mass is 10.0. The first-order valence-electron chi connectivity index (χ1n) is 6.44. The fourth-order valence-electron chi connectivity index (χ4n) is 2.67. The van der Waals surface area contributed by atoms with E-state index in [9.17, 15) is 14.4 Å². The Balaban J connectivity index is 1.78. The second kappa shape index (κ2) is 4.68. The fourth-order valence-corrected chi connectivity index (χ4v) is 3.64. The molecular weight excluding hydrogens is 278 g/mol. The van der Waals surface area contributed by atoms with Crippen molar-refractivity contribution < 1.29 is 14.4 Å². The van der Waals surface area contributed by atoms with Gasteiger partial charge in [-0.25, -0.2) is 9.69 Å². The van der Waals surface area contributed by atoms with Gasteiger partial charge in [-0.2, -0.15) is 0 Å². The van der Waals surface area contributed by atoms with Crippen molar-refractivity contribution in [3.8, 4) is 0 Å². The highest BCUT2D eigenvalue weighted by Gasteiger charge is 2.43. The summed E-state index contributed by atoms with van der Waals surface area (Å²) in [6.45, 7) is 3.01. The predicted molar refractivity (Wildman–Crippen MR) is 73.0 cm³/mol. The normalized spacial score (nSPS) is 23.7. The molecule has 0 spiro atoms. The molecule has 2 aliphatic rings. The second-order valence-electron chi connectivity index (χ2n) is 5.06. The minimum atomic E-state index is -0.754. The number of carbonyl (C=O) groups excluding carboxylic acids is 3. The van der Waals surface area contributed by atoms with Gasteiger partial charge in [-0.1, -0.05) is 0 Å². The van der Waals surface area contributed by atoms with Gasteiger partial charge in [0.05, 0.1) is 6.67 Å². The molecule has 20 heavy (non-hydrogen) atoms. The molecule has 4 amide bonds. The number of carbonyl (C=O) groups is 3. The molecule has 1 unspecified atom stereocenters. The summed E-state index contributed by atoms with van der Waals surface area (Å²) in [7, 11) is 1.33. The van der Waals surface area contributed by atoms with Crippen LogP contribution in [-0.2, 0) is 16.0 Å². The first-order valence-corrected chi connectivity index (χ1v) is 7.32. The van der Waals surface area contributed by atoms with Crippen molar-refractivity contribution in [3.05, 3.63) is 21.9 Å². The summed E-state index contributed by atoms with van der Waals surface area (Å²) in [6.07, 6.45) is 0.914. The van der Waals surface area contributed by atoms with Crippen molar-refractivity contribution in [2.45, 2.75) is 19.4 Å².